The third-order valence-electron chi connectivity index (χ3n) is 3.69. The zero-order chi connectivity index (χ0) is 21.8. The Bertz CT molecular complexity index is 1300. The summed E-state index contributed by atoms with van der Waals surface area (Å²) in [7, 11) is -7.54. The lowest BCUT2D eigenvalue weighted by atomic mass is 10.1. The number of aromatic hydroxyl groups is 1. The standard InChI is InChI=1S/C17H15N3O4S.O3S/c1-10-2-5-12(6-3-10)19-20-14-7-4-11-8-13(25(22,23)24)9-15(21)16(11)17(14)18;1-4(2)3/h2-9,21H,18H2,1H3,(H,22,23,24);. The molecule has 12 heteroatoms. The topological polar surface area (TPSA) is 177 Å². The molecule has 10 nitrogen and oxygen atoms in total. The molecular formula is C17H15N3O7S2. The van der Waals surface area contributed by atoms with E-state index in [0.29, 0.717) is 16.8 Å². The van der Waals surface area contributed by atoms with Crippen LogP contribution in [-0.2, 0) is 20.7 Å². The molecule has 0 spiro atoms. The Morgan fingerprint density at radius 1 is 0.966 bits per heavy atom. The van der Waals surface area contributed by atoms with E-state index in [9.17, 15) is 13.5 Å². The molecule has 3 rings (SSSR count). The maximum Gasteiger partial charge on any atom is 0.425 e. The Balaban J connectivity index is 0.000000687. The van der Waals surface area contributed by atoms with Crippen molar-refractivity contribution in [2.24, 2.45) is 10.2 Å². The van der Waals surface area contributed by atoms with Crippen LogP contribution in [0.1, 0.15) is 5.56 Å². The average molecular weight is 437 g/mol. The van der Waals surface area contributed by atoms with Crippen molar-refractivity contribution in [2.75, 3.05) is 5.73 Å². The lowest BCUT2D eigenvalue weighted by Crippen LogP contribution is -1.98. The molecule has 0 amide bonds. The number of phenolic OH excluding ortho intramolecular Hbond substituents is 1. The molecule has 0 aliphatic heterocycles. The SMILES string of the molecule is Cc1ccc(N=Nc2ccc3cc(S(=O)(=O)O)cc(O)c3c2N)cc1.O=S(=O)=O. The van der Waals surface area contributed by atoms with Gasteiger partial charge in [-0.05, 0) is 36.6 Å². The van der Waals surface area contributed by atoms with Gasteiger partial charge in [0, 0.05) is 11.5 Å². The van der Waals surface area contributed by atoms with E-state index in [1.165, 1.54) is 6.07 Å². The van der Waals surface area contributed by atoms with Gasteiger partial charge in [0.1, 0.15) is 11.4 Å². The minimum Gasteiger partial charge on any atom is -0.507 e. The second-order valence-corrected chi connectivity index (χ2v) is 7.58. The van der Waals surface area contributed by atoms with E-state index >= 15 is 0 Å². The van der Waals surface area contributed by atoms with E-state index in [0.717, 1.165) is 11.6 Å². The second-order valence-electron chi connectivity index (χ2n) is 5.75. The summed E-state index contributed by atoms with van der Waals surface area (Å²) in [5.41, 5.74) is 8.29. The number of azo groups is 1. The zero-order valence-electron chi connectivity index (χ0n) is 14.8. The van der Waals surface area contributed by atoms with Crippen molar-refractivity contribution in [3.05, 3.63) is 54.1 Å². The maximum atomic E-state index is 11.2. The summed E-state index contributed by atoms with van der Waals surface area (Å²) in [6.45, 7) is 1.96. The molecule has 0 bridgehead atoms. The second kappa shape index (κ2) is 8.77. The largest absolute Gasteiger partial charge is 0.507 e. The first-order valence-electron chi connectivity index (χ1n) is 7.77. The molecule has 4 N–H and O–H groups in total. The van der Waals surface area contributed by atoms with Crippen molar-refractivity contribution in [2.45, 2.75) is 11.8 Å². The van der Waals surface area contributed by atoms with E-state index in [4.69, 9.17) is 22.9 Å². The van der Waals surface area contributed by atoms with Gasteiger partial charge in [-0.2, -0.15) is 13.5 Å². The van der Waals surface area contributed by atoms with E-state index in [-0.39, 0.29) is 16.8 Å². The summed E-state index contributed by atoms with van der Waals surface area (Å²) in [4.78, 5) is -0.411. The lowest BCUT2D eigenvalue weighted by molar-refractivity contribution is 0.471. The van der Waals surface area contributed by atoms with Gasteiger partial charge in [0.15, 0.2) is 0 Å². The highest BCUT2D eigenvalue weighted by Gasteiger charge is 2.16. The van der Waals surface area contributed by atoms with E-state index < -0.39 is 25.6 Å². The van der Waals surface area contributed by atoms with Gasteiger partial charge in [-0.3, -0.25) is 4.55 Å². The number of nitrogen functional groups attached to an aromatic ring is 1. The molecule has 3 aromatic carbocycles. The Kier molecular flexibility index (Phi) is 6.64. The van der Waals surface area contributed by atoms with Gasteiger partial charge in [0.2, 0.25) is 0 Å². The van der Waals surface area contributed by atoms with E-state index in [2.05, 4.69) is 10.2 Å². The number of hydrogen-bond donors (Lipinski definition) is 3. The normalized spacial score (nSPS) is 11.2. The van der Waals surface area contributed by atoms with Gasteiger partial charge >= 0.3 is 10.6 Å². The highest BCUT2D eigenvalue weighted by Crippen LogP contribution is 2.38. The molecule has 0 aliphatic rings. The van der Waals surface area contributed by atoms with Gasteiger partial charge in [0.25, 0.3) is 10.1 Å². The predicted molar refractivity (Wildman–Crippen MR) is 105 cm³/mol. The molecule has 0 atom stereocenters. The molecule has 0 radical (unpaired) electrons. The third kappa shape index (κ3) is 5.81. The van der Waals surface area contributed by atoms with Crippen molar-refractivity contribution < 1.29 is 30.7 Å². The first-order valence-corrected chi connectivity index (χ1v) is 10.2. The third-order valence-corrected chi connectivity index (χ3v) is 4.52. The molecule has 0 aliphatic carbocycles. The Morgan fingerprint density at radius 3 is 2.10 bits per heavy atom. The average Bonchev–Trinajstić information content (AvgIpc) is 2.61. The first kappa shape index (κ1) is 21.9. The molecule has 0 unspecified atom stereocenters. The van der Waals surface area contributed by atoms with Crippen molar-refractivity contribution >= 4 is 48.6 Å². The molecule has 152 valence electrons. The summed E-state index contributed by atoms with van der Waals surface area (Å²) in [6.07, 6.45) is 0. The molecule has 0 fully saturated rings. The number of nitrogens with zero attached hydrogens (tertiary/aromatic N) is 2. The molecule has 3 aromatic rings. The quantitative estimate of drug-likeness (QED) is 0.318. The van der Waals surface area contributed by atoms with Crippen LogP contribution in [0.2, 0.25) is 0 Å². The number of aryl methyl sites for hydroxylation is 1. The van der Waals surface area contributed by atoms with Gasteiger partial charge in [-0.25, -0.2) is 0 Å². The van der Waals surface area contributed by atoms with Crippen LogP contribution in [-0.4, -0.2) is 30.7 Å². The number of phenols is 1. The molecule has 0 saturated heterocycles. The van der Waals surface area contributed by atoms with Crippen molar-refractivity contribution in [1.82, 2.24) is 0 Å². The summed E-state index contributed by atoms with van der Waals surface area (Å²) >= 11 is 0. The van der Waals surface area contributed by atoms with Gasteiger partial charge < -0.3 is 10.8 Å². The number of benzene rings is 3. The van der Waals surface area contributed by atoms with Gasteiger partial charge in [-0.1, -0.05) is 23.8 Å². The Morgan fingerprint density at radius 2 is 1.55 bits per heavy atom. The van der Waals surface area contributed by atoms with Crippen LogP contribution in [0.25, 0.3) is 10.8 Å². The van der Waals surface area contributed by atoms with Crippen LogP contribution in [0, 0.1) is 6.92 Å². The zero-order valence-corrected chi connectivity index (χ0v) is 16.5. The van der Waals surface area contributed by atoms with Crippen molar-refractivity contribution in [3.8, 4) is 5.75 Å². The monoisotopic (exact) mass is 437 g/mol. The summed E-state index contributed by atoms with van der Waals surface area (Å²) in [6, 6.07) is 12.7. The van der Waals surface area contributed by atoms with Crippen molar-refractivity contribution in [3.63, 3.8) is 0 Å². The molecule has 29 heavy (non-hydrogen) atoms. The summed E-state index contributed by atoms with van der Waals surface area (Å²) in [5.74, 6) is -0.366. The summed E-state index contributed by atoms with van der Waals surface area (Å²) < 4.78 is 56.9. The molecule has 0 saturated carbocycles. The Hall–Kier alpha value is -3.35. The molecular weight excluding hydrogens is 422 g/mol. The minimum atomic E-state index is -4.43. The van der Waals surface area contributed by atoms with Crippen LogP contribution in [0.4, 0.5) is 17.1 Å². The number of anilines is 1. The van der Waals surface area contributed by atoms with Crippen LogP contribution in [0.3, 0.4) is 0 Å². The first-order chi connectivity index (χ1) is 13.5. The fourth-order valence-electron chi connectivity index (χ4n) is 2.39. The fraction of sp³-hybridized carbons (Fsp3) is 0.0588. The van der Waals surface area contributed by atoms with E-state index in [1.807, 2.05) is 31.2 Å². The summed E-state index contributed by atoms with van der Waals surface area (Å²) in [5, 5.41) is 18.9. The number of nitrogens with two attached hydrogens (primary N) is 1. The minimum absolute atomic E-state index is 0.160. The predicted octanol–water partition coefficient (Wildman–Crippen LogP) is 3.09. The maximum absolute atomic E-state index is 11.2. The van der Waals surface area contributed by atoms with Gasteiger partial charge in [-0.15, -0.1) is 17.7 Å². The van der Waals surface area contributed by atoms with Gasteiger partial charge in [0.05, 0.1) is 16.3 Å². The fourth-order valence-corrected chi connectivity index (χ4v) is 2.93. The van der Waals surface area contributed by atoms with Crippen LogP contribution in [0.15, 0.2) is 63.7 Å². The number of hydrogen-bond acceptors (Lipinski definition) is 9. The number of fused-ring (bicyclic) bond motifs is 1. The van der Waals surface area contributed by atoms with Crippen LogP contribution >= 0.6 is 0 Å². The van der Waals surface area contributed by atoms with Crippen molar-refractivity contribution in [1.29, 1.82) is 0 Å². The highest BCUT2D eigenvalue weighted by molar-refractivity contribution is 7.85. The lowest BCUT2D eigenvalue weighted by Gasteiger charge is -2.08. The number of rotatable bonds is 3. The highest BCUT2D eigenvalue weighted by atomic mass is 32.2. The Labute approximate surface area is 167 Å². The molecule has 0 aromatic heterocycles. The van der Waals surface area contributed by atoms with E-state index in [1.54, 1.807) is 12.1 Å². The van der Waals surface area contributed by atoms with Crippen LogP contribution in [0.5, 0.6) is 5.75 Å². The smallest absolute Gasteiger partial charge is 0.425 e. The molecule has 0 heterocycles. The van der Waals surface area contributed by atoms with Crippen LogP contribution < -0.4 is 5.73 Å².